The van der Waals surface area contributed by atoms with Crippen LogP contribution in [0, 0.1) is 13.8 Å². The number of hydrogen-bond acceptors (Lipinski definition) is 4. The highest BCUT2D eigenvalue weighted by atomic mass is 16.5. The molecule has 27 heavy (non-hydrogen) atoms. The molecule has 0 unspecified atom stereocenters. The minimum Gasteiger partial charge on any atom is -0.423 e. The largest absolute Gasteiger partial charge is 0.423 e. The molecule has 0 radical (unpaired) electrons. The fourth-order valence-electron chi connectivity index (χ4n) is 3.42. The van der Waals surface area contributed by atoms with Crippen LogP contribution >= 0.6 is 0 Å². The number of carbonyl (C=O) groups excluding carboxylic acids is 2. The van der Waals surface area contributed by atoms with Crippen LogP contribution in [-0.2, 0) is 4.79 Å². The second-order valence-corrected chi connectivity index (χ2v) is 6.86. The van der Waals surface area contributed by atoms with Gasteiger partial charge in [0.25, 0.3) is 0 Å². The number of hydrogen-bond donors (Lipinski definition) is 0. The van der Waals surface area contributed by atoms with Crippen LogP contribution in [0.2, 0.25) is 0 Å². The molecule has 136 valence electrons. The summed E-state index contributed by atoms with van der Waals surface area (Å²) < 4.78 is 5.58. The molecule has 0 bridgehead atoms. The first-order valence-corrected chi connectivity index (χ1v) is 9.02. The van der Waals surface area contributed by atoms with Gasteiger partial charge in [0.2, 0.25) is 5.91 Å². The summed E-state index contributed by atoms with van der Waals surface area (Å²) in [5.41, 5.74) is 3.93. The van der Waals surface area contributed by atoms with Crippen molar-refractivity contribution >= 4 is 28.5 Å². The van der Waals surface area contributed by atoms with Crippen molar-refractivity contribution in [3.8, 4) is 5.75 Å². The molecule has 0 N–H and O–H groups in total. The Hall–Kier alpha value is -3.21. The summed E-state index contributed by atoms with van der Waals surface area (Å²) in [6.45, 7) is 4.57. The SMILES string of the molecule is Cc1ccc2nc(C)cc(C(=O)Oc3ccc(N4CCCC4=O)cc3)c2c1. The van der Waals surface area contributed by atoms with Crippen LogP contribution in [0.1, 0.15) is 34.5 Å². The minimum atomic E-state index is -0.416. The van der Waals surface area contributed by atoms with Crippen LogP contribution in [-0.4, -0.2) is 23.4 Å². The average molecular weight is 360 g/mol. The normalized spacial score (nSPS) is 14.0. The summed E-state index contributed by atoms with van der Waals surface area (Å²) in [4.78, 5) is 30.9. The number of amides is 1. The molecule has 3 aromatic rings. The first kappa shape index (κ1) is 17.2. The van der Waals surface area contributed by atoms with Gasteiger partial charge in [-0.3, -0.25) is 9.78 Å². The first-order chi connectivity index (χ1) is 13.0. The highest BCUT2D eigenvalue weighted by Gasteiger charge is 2.21. The number of esters is 1. The quantitative estimate of drug-likeness (QED) is 0.519. The maximum atomic E-state index is 12.8. The maximum Gasteiger partial charge on any atom is 0.344 e. The van der Waals surface area contributed by atoms with Gasteiger partial charge in [0.15, 0.2) is 0 Å². The van der Waals surface area contributed by atoms with Gasteiger partial charge in [0.05, 0.1) is 11.1 Å². The standard InChI is InChI=1S/C22H20N2O3/c1-14-5-10-20-18(12-14)19(13-15(2)23-20)22(26)27-17-8-6-16(7-9-17)24-11-3-4-21(24)25/h5-10,12-13H,3-4,11H2,1-2H3. The van der Waals surface area contributed by atoms with Crippen LogP contribution in [0.3, 0.4) is 0 Å². The number of fused-ring (bicyclic) bond motifs is 1. The number of carbonyl (C=O) groups is 2. The number of anilines is 1. The Bertz CT molecular complexity index is 1040. The van der Waals surface area contributed by atoms with E-state index in [0.29, 0.717) is 17.7 Å². The van der Waals surface area contributed by atoms with Crippen molar-refractivity contribution in [3.63, 3.8) is 0 Å². The lowest BCUT2D eigenvalue weighted by atomic mass is 10.1. The summed E-state index contributed by atoms with van der Waals surface area (Å²) in [6.07, 6.45) is 1.47. The van der Waals surface area contributed by atoms with Crippen molar-refractivity contribution in [3.05, 3.63) is 65.4 Å². The van der Waals surface area contributed by atoms with Gasteiger partial charge < -0.3 is 9.64 Å². The third-order valence-electron chi connectivity index (χ3n) is 4.74. The molecule has 1 saturated heterocycles. The second-order valence-electron chi connectivity index (χ2n) is 6.86. The van der Waals surface area contributed by atoms with E-state index in [1.165, 1.54) is 0 Å². The number of nitrogens with zero attached hydrogens (tertiary/aromatic N) is 2. The molecule has 1 fully saturated rings. The summed E-state index contributed by atoms with van der Waals surface area (Å²) >= 11 is 0. The van der Waals surface area contributed by atoms with Crippen molar-refractivity contribution in [2.24, 2.45) is 0 Å². The Morgan fingerprint density at radius 1 is 1.07 bits per heavy atom. The second kappa shape index (κ2) is 6.83. The highest BCUT2D eigenvalue weighted by molar-refractivity contribution is 6.04. The van der Waals surface area contributed by atoms with Gasteiger partial charge in [0.1, 0.15) is 5.75 Å². The number of pyridine rings is 1. The van der Waals surface area contributed by atoms with Gasteiger partial charge in [0, 0.05) is 29.7 Å². The minimum absolute atomic E-state index is 0.133. The van der Waals surface area contributed by atoms with E-state index in [-0.39, 0.29) is 5.91 Å². The average Bonchev–Trinajstić information content (AvgIpc) is 3.08. The number of aromatic nitrogens is 1. The van der Waals surface area contributed by atoms with Gasteiger partial charge in [-0.05, 0) is 62.7 Å². The van der Waals surface area contributed by atoms with Crippen molar-refractivity contribution in [2.75, 3.05) is 11.4 Å². The van der Waals surface area contributed by atoms with Crippen LogP contribution in [0.5, 0.6) is 5.75 Å². The Kier molecular flexibility index (Phi) is 4.36. The summed E-state index contributed by atoms with van der Waals surface area (Å²) in [5, 5.41) is 0.782. The lowest BCUT2D eigenvalue weighted by Gasteiger charge is -2.16. The summed E-state index contributed by atoms with van der Waals surface area (Å²) in [6, 6.07) is 14.7. The van der Waals surface area contributed by atoms with E-state index in [1.807, 2.05) is 44.2 Å². The van der Waals surface area contributed by atoms with Crippen molar-refractivity contribution in [1.29, 1.82) is 0 Å². The molecule has 1 amide bonds. The van der Waals surface area contributed by atoms with Gasteiger partial charge in [-0.15, -0.1) is 0 Å². The lowest BCUT2D eigenvalue weighted by molar-refractivity contribution is -0.117. The van der Waals surface area contributed by atoms with Crippen LogP contribution in [0.4, 0.5) is 5.69 Å². The van der Waals surface area contributed by atoms with E-state index >= 15 is 0 Å². The van der Waals surface area contributed by atoms with E-state index in [1.54, 1.807) is 23.1 Å². The van der Waals surface area contributed by atoms with Gasteiger partial charge >= 0.3 is 5.97 Å². The molecule has 0 saturated carbocycles. The third kappa shape index (κ3) is 3.40. The molecule has 5 nitrogen and oxygen atoms in total. The Labute approximate surface area is 157 Å². The monoisotopic (exact) mass is 360 g/mol. The fraction of sp³-hybridized carbons (Fsp3) is 0.227. The molecule has 2 aromatic carbocycles. The van der Waals surface area contributed by atoms with Crippen molar-refractivity contribution in [2.45, 2.75) is 26.7 Å². The molecule has 0 aliphatic carbocycles. The number of ether oxygens (including phenoxy) is 1. The van der Waals surface area contributed by atoms with Crippen LogP contribution in [0.15, 0.2) is 48.5 Å². The topological polar surface area (TPSA) is 59.5 Å². The zero-order valence-electron chi connectivity index (χ0n) is 15.4. The molecule has 1 aliphatic heterocycles. The summed E-state index contributed by atoms with van der Waals surface area (Å²) in [5.74, 6) is 0.167. The third-order valence-corrected chi connectivity index (χ3v) is 4.74. The van der Waals surface area contributed by atoms with Crippen molar-refractivity contribution < 1.29 is 14.3 Å². The van der Waals surface area contributed by atoms with E-state index in [0.717, 1.165) is 40.8 Å². The fourth-order valence-corrected chi connectivity index (χ4v) is 3.42. The maximum absolute atomic E-state index is 12.8. The Morgan fingerprint density at radius 2 is 1.85 bits per heavy atom. The molecule has 1 aromatic heterocycles. The zero-order chi connectivity index (χ0) is 19.0. The smallest absolute Gasteiger partial charge is 0.344 e. The lowest BCUT2D eigenvalue weighted by Crippen LogP contribution is -2.23. The molecule has 1 aliphatic rings. The number of benzene rings is 2. The van der Waals surface area contributed by atoms with Crippen LogP contribution in [0.25, 0.3) is 10.9 Å². The first-order valence-electron chi connectivity index (χ1n) is 9.02. The predicted octanol–water partition coefficient (Wildman–Crippen LogP) is 4.20. The molecule has 0 atom stereocenters. The molecule has 5 heteroatoms. The van der Waals surface area contributed by atoms with E-state index in [9.17, 15) is 9.59 Å². The predicted molar refractivity (Wildman–Crippen MR) is 104 cm³/mol. The van der Waals surface area contributed by atoms with E-state index in [2.05, 4.69) is 4.98 Å². The highest BCUT2D eigenvalue weighted by Crippen LogP contribution is 2.26. The van der Waals surface area contributed by atoms with E-state index in [4.69, 9.17) is 4.74 Å². The number of rotatable bonds is 3. The van der Waals surface area contributed by atoms with E-state index < -0.39 is 5.97 Å². The van der Waals surface area contributed by atoms with Gasteiger partial charge in [-0.1, -0.05) is 11.6 Å². The number of aryl methyl sites for hydroxylation is 2. The van der Waals surface area contributed by atoms with Gasteiger partial charge in [-0.2, -0.15) is 0 Å². The molecular weight excluding hydrogens is 340 g/mol. The van der Waals surface area contributed by atoms with Gasteiger partial charge in [-0.25, -0.2) is 4.79 Å². The molecule has 0 spiro atoms. The zero-order valence-corrected chi connectivity index (χ0v) is 15.4. The Balaban J connectivity index is 1.60. The Morgan fingerprint density at radius 3 is 2.56 bits per heavy atom. The molecule has 4 rings (SSSR count). The van der Waals surface area contributed by atoms with Crippen LogP contribution < -0.4 is 9.64 Å². The molecule has 2 heterocycles. The molecular formula is C22H20N2O3. The van der Waals surface area contributed by atoms with Crippen molar-refractivity contribution in [1.82, 2.24) is 4.98 Å². The summed E-state index contributed by atoms with van der Waals surface area (Å²) in [7, 11) is 0.